The highest BCUT2D eigenvalue weighted by molar-refractivity contribution is 7.80. The fourth-order valence-electron chi connectivity index (χ4n) is 1.01. The summed E-state index contributed by atoms with van der Waals surface area (Å²) in [5.41, 5.74) is 1.40. The molecule has 0 saturated heterocycles. The third-order valence-electron chi connectivity index (χ3n) is 1.55. The zero-order chi connectivity index (χ0) is 7.56. The molecule has 0 radical (unpaired) electrons. The standard InChI is InChI=1S/C8H12S2/c1-3-8-7(6(2)9)4-5-10-8/h4-6,9H,3H2,1-2H3. The molecule has 1 heterocycles. The molecule has 0 saturated carbocycles. The Morgan fingerprint density at radius 2 is 2.40 bits per heavy atom. The maximum absolute atomic E-state index is 4.38. The topological polar surface area (TPSA) is 0 Å². The first-order valence-electron chi connectivity index (χ1n) is 3.50. The molecule has 1 atom stereocenters. The fraction of sp³-hybridized carbons (Fsp3) is 0.500. The van der Waals surface area contributed by atoms with Crippen LogP contribution in [0.4, 0.5) is 0 Å². The van der Waals surface area contributed by atoms with Gasteiger partial charge in [0.15, 0.2) is 0 Å². The van der Waals surface area contributed by atoms with Crippen molar-refractivity contribution in [3.63, 3.8) is 0 Å². The zero-order valence-electron chi connectivity index (χ0n) is 6.29. The quantitative estimate of drug-likeness (QED) is 0.650. The van der Waals surface area contributed by atoms with Gasteiger partial charge in [-0.2, -0.15) is 12.6 Å². The van der Waals surface area contributed by atoms with Gasteiger partial charge in [-0.15, -0.1) is 11.3 Å². The van der Waals surface area contributed by atoms with Crippen molar-refractivity contribution in [2.24, 2.45) is 0 Å². The average Bonchev–Trinajstić information content (AvgIpc) is 2.33. The molecule has 0 nitrogen and oxygen atoms in total. The molecule has 0 bridgehead atoms. The van der Waals surface area contributed by atoms with E-state index in [0.717, 1.165) is 6.42 Å². The first kappa shape index (κ1) is 8.15. The van der Waals surface area contributed by atoms with E-state index in [2.05, 4.69) is 37.9 Å². The summed E-state index contributed by atoms with van der Waals surface area (Å²) in [5.74, 6) is 0. The second kappa shape index (κ2) is 3.44. The molecule has 0 aliphatic rings. The summed E-state index contributed by atoms with van der Waals surface area (Å²) >= 11 is 6.21. The summed E-state index contributed by atoms with van der Waals surface area (Å²) in [6.45, 7) is 4.30. The molecule has 0 amide bonds. The Labute approximate surface area is 71.7 Å². The number of thiol groups is 1. The number of hydrogen-bond acceptors (Lipinski definition) is 2. The van der Waals surface area contributed by atoms with Crippen LogP contribution in [-0.4, -0.2) is 0 Å². The highest BCUT2D eigenvalue weighted by Crippen LogP contribution is 2.27. The van der Waals surface area contributed by atoms with Gasteiger partial charge in [-0.1, -0.05) is 6.92 Å². The van der Waals surface area contributed by atoms with Gasteiger partial charge < -0.3 is 0 Å². The molecule has 1 unspecified atom stereocenters. The summed E-state index contributed by atoms with van der Waals surface area (Å²) in [6.07, 6.45) is 1.14. The normalized spacial score (nSPS) is 13.5. The van der Waals surface area contributed by atoms with E-state index < -0.39 is 0 Å². The van der Waals surface area contributed by atoms with Gasteiger partial charge in [0.2, 0.25) is 0 Å². The molecule has 56 valence electrons. The lowest BCUT2D eigenvalue weighted by Gasteiger charge is -2.02. The van der Waals surface area contributed by atoms with Crippen molar-refractivity contribution in [1.82, 2.24) is 0 Å². The molecule has 0 fully saturated rings. The van der Waals surface area contributed by atoms with Crippen molar-refractivity contribution in [2.45, 2.75) is 25.5 Å². The van der Waals surface area contributed by atoms with Gasteiger partial charge in [0, 0.05) is 10.1 Å². The van der Waals surface area contributed by atoms with E-state index in [-0.39, 0.29) is 0 Å². The van der Waals surface area contributed by atoms with Crippen molar-refractivity contribution in [3.05, 3.63) is 21.9 Å². The maximum atomic E-state index is 4.38. The first-order valence-corrected chi connectivity index (χ1v) is 4.89. The predicted molar refractivity (Wildman–Crippen MR) is 51.1 cm³/mol. The van der Waals surface area contributed by atoms with E-state index >= 15 is 0 Å². The minimum absolute atomic E-state index is 0.390. The number of thiophene rings is 1. The SMILES string of the molecule is CCc1sccc1C(C)S. The molecule has 2 heteroatoms. The van der Waals surface area contributed by atoms with Crippen LogP contribution in [0.25, 0.3) is 0 Å². The lowest BCUT2D eigenvalue weighted by atomic mass is 10.2. The summed E-state index contributed by atoms with van der Waals surface area (Å²) in [4.78, 5) is 1.47. The Balaban J connectivity index is 2.90. The molecule has 10 heavy (non-hydrogen) atoms. The van der Waals surface area contributed by atoms with E-state index in [4.69, 9.17) is 0 Å². The fourth-order valence-corrected chi connectivity index (χ4v) is 2.27. The first-order chi connectivity index (χ1) is 4.75. The van der Waals surface area contributed by atoms with Crippen LogP contribution in [0.3, 0.4) is 0 Å². The van der Waals surface area contributed by atoms with E-state index in [9.17, 15) is 0 Å². The van der Waals surface area contributed by atoms with E-state index in [1.165, 1.54) is 10.4 Å². The van der Waals surface area contributed by atoms with Crippen molar-refractivity contribution < 1.29 is 0 Å². The third kappa shape index (κ3) is 1.55. The molecule has 1 aromatic heterocycles. The minimum Gasteiger partial charge on any atom is -0.171 e. The molecule has 0 N–H and O–H groups in total. The second-order valence-corrected chi connectivity index (χ2v) is 4.10. The Morgan fingerprint density at radius 1 is 1.70 bits per heavy atom. The van der Waals surface area contributed by atoms with Gasteiger partial charge in [0.25, 0.3) is 0 Å². The van der Waals surface area contributed by atoms with Crippen LogP contribution < -0.4 is 0 Å². The van der Waals surface area contributed by atoms with E-state index in [0.29, 0.717) is 5.25 Å². The number of rotatable bonds is 2. The molecule has 1 aromatic rings. The van der Waals surface area contributed by atoms with Gasteiger partial charge in [0.1, 0.15) is 0 Å². The zero-order valence-corrected chi connectivity index (χ0v) is 8.01. The number of aryl methyl sites for hydroxylation is 1. The third-order valence-corrected chi connectivity index (χ3v) is 2.91. The monoisotopic (exact) mass is 172 g/mol. The Morgan fingerprint density at radius 3 is 2.80 bits per heavy atom. The van der Waals surface area contributed by atoms with Crippen LogP contribution in [0.15, 0.2) is 11.4 Å². The molecular weight excluding hydrogens is 160 g/mol. The maximum Gasteiger partial charge on any atom is 0.0249 e. The van der Waals surface area contributed by atoms with Gasteiger partial charge in [-0.25, -0.2) is 0 Å². The Hall–Kier alpha value is 0.0500. The summed E-state index contributed by atoms with van der Waals surface area (Å²) in [7, 11) is 0. The second-order valence-electron chi connectivity index (χ2n) is 2.33. The minimum atomic E-state index is 0.390. The van der Waals surface area contributed by atoms with Gasteiger partial charge in [0.05, 0.1) is 0 Å². The van der Waals surface area contributed by atoms with Crippen LogP contribution in [0.1, 0.15) is 29.5 Å². The van der Waals surface area contributed by atoms with Crippen LogP contribution in [0.5, 0.6) is 0 Å². The Bertz CT molecular complexity index is 201. The van der Waals surface area contributed by atoms with Crippen molar-refractivity contribution >= 4 is 24.0 Å². The van der Waals surface area contributed by atoms with Crippen LogP contribution >= 0.6 is 24.0 Å². The molecule has 0 aliphatic carbocycles. The lowest BCUT2D eigenvalue weighted by Crippen LogP contribution is -1.85. The Kier molecular flexibility index (Phi) is 2.81. The summed E-state index contributed by atoms with van der Waals surface area (Å²) in [6, 6.07) is 2.17. The van der Waals surface area contributed by atoms with Crippen LogP contribution in [0, 0.1) is 0 Å². The highest BCUT2D eigenvalue weighted by Gasteiger charge is 2.05. The molecule has 0 aromatic carbocycles. The predicted octanol–water partition coefficient (Wildman–Crippen LogP) is 3.30. The van der Waals surface area contributed by atoms with Gasteiger partial charge in [-0.3, -0.25) is 0 Å². The van der Waals surface area contributed by atoms with E-state index in [1.807, 2.05) is 11.3 Å². The largest absolute Gasteiger partial charge is 0.171 e. The smallest absolute Gasteiger partial charge is 0.0249 e. The van der Waals surface area contributed by atoms with Crippen molar-refractivity contribution in [1.29, 1.82) is 0 Å². The molecule has 1 rings (SSSR count). The van der Waals surface area contributed by atoms with E-state index in [1.54, 1.807) is 0 Å². The van der Waals surface area contributed by atoms with Crippen molar-refractivity contribution in [3.8, 4) is 0 Å². The average molecular weight is 172 g/mol. The summed E-state index contributed by atoms with van der Waals surface area (Å²) in [5, 5.41) is 2.53. The number of hydrogen-bond donors (Lipinski definition) is 1. The van der Waals surface area contributed by atoms with Gasteiger partial charge in [-0.05, 0) is 30.4 Å². The van der Waals surface area contributed by atoms with Crippen molar-refractivity contribution in [2.75, 3.05) is 0 Å². The van der Waals surface area contributed by atoms with Gasteiger partial charge >= 0.3 is 0 Å². The van der Waals surface area contributed by atoms with Crippen LogP contribution in [-0.2, 0) is 6.42 Å². The highest BCUT2D eigenvalue weighted by atomic mass is 32.1. The lowest BCUT2D eigenvalue weighted by molar-refractivity contribution is 1.06. The van der Waals surface area contributed by atoms with Crippen LogP contribution in [0.2, 0.25) is 0 Å². The summed E-state index contributed by atoms with van der Waals surface area (Å²) < 4.78 is 0. The molecule has 0 aliphatic heterocycles. The molecule has 0 spiro atoms. The molecular formula is C8H12S2.